The van der Waals surface area contributed by atoms with E-state index >= 15 is 0 Å². The molecule has 0 bridgehead atoms. The number of hydrogen-bond acceptors (Lipinski definition) is 2. The van der Waals surface area contributed by atoms with Crippen LogP contribution in [0.15, 0.2) is 18.2 Å². The molecule has 1 aliphatic rings. The maximum atomic E-state index is 14.0. The zero-order valence-electron chi connectivity index (χ0n) is 11.9. The lowest BCUT2D eigenvalue weighted by Gasteiger charge is -2.34. The molecule has 2 nitrogen and oxygen atoms in total. The molecular weight excluding hydrogens is 241 g/mol. The fraction of sp³-hybridized carbons (Fsp3) is 0.625. The summed E-state index contributed by atoms with van der Waals surface area (Å²) in [6.45, 7) is 5.18. The van der Waals surface area contributed by atoms with E-state index in [1.54, 1.807) is 12.1 Å². The molecule has 0 saturated heterocycles. The van der Waals surface area contributed by atoms with Gasteiger partial charge in [0.25, 0.3) is 0 Å². The van der Waals surface area contributed by atoms with Gasteiger partial charge in [-0.25, -0.2) is 4.39 Å². The summed E-state index contributed by atoms with van der Waals surface area (Å²) in [5.41, 5.74) is 7.12. The Morgan fingerprint density at radius 3 is 2.53 bits per heavy atom. The van der Waals surface area contributed by atoms with Crippen LogP contribution in [0.3, 0.4) is 0 Å². The number of hydrogen-bond donors (Lipinski definition) is 1. The number of nitrogens with two attached hydrogens (primary N) is 1. The topological polar surface area (TPSA) is 35.2 Å². The van der Waals surface area contributed by atoms with E-state index in [2.05, 4.69) is 13.8 Å². The van der Waals surface area contributed by atoms with Gasteiger partial charge in [-0.3, -0.25) is 0 Å². The quantitative estimate of drug-likeness (QED) is 0.899. The first-order valence-corrected chi connectivity index (χ1v) is 7.10. The Morgan fingerprint density at radius 1 is 1.26 bits per heavy atom. The van der Waals surface area contributed by atoms with Crippen molar-refractivity contribution in [2.24, 2.45) is 11.1 Å². The average molecular weight is 265 g/mol. The van der Waals surface area contributed by atoms with Gasteiger partial charge in [0, 0.05) is 17.7 Å². The van der Waals surface area contributed by atoms with Crippen molar-refractivity contribution in [3.63, 3.8) is 0 Å². The van der Waals surface area contributed by atoms with Crippen molar-refractivity contribution >= 4 is 0 Å². The highest BCUT2D eigenvalue weighted by Crippen LogP contribution is 2.36. The van der Waals surface area contributed by atoms with Gasteiger partial charge in [0.1, 0.15) is 5.82 Å². The molecule has 0 radical (unpaired) electrons. The van der Waals surface area contributed by atoms with Crippen molar-refractivity contribution in [2.45, 2.75) is 58.8 Å². The van der Waals surface area contributed by atoms with Crippen molar-refractivity contribution in [1.29, 1.82) is 0 Å². The van der Waals surface area contributed by atoms with Gasteiger partial charge in [0.15, 0.2) is 0 Å². The molecule has 3 heteroatoms. The first-order chi connectivity index (χ1) is 9.02. The molecule has 1 aromatic rings. The van der Waals surface area contributed by atoms with Crippen LogP contribution in [0.4, 0.5) is 4.39 Å². The molecule has 2 N–H and O–H groups in total. The fourth-order valence-electron chi connectivity index (χ4n) is 2.65. The molecule has 0 aromatic heterocycles. The van der Waals surface area contributed by atoms with Crippen LogP contribution in [0, 0.1) is 11.2 Å². The molecule has 2 rings (SSSR count). The van der Waals surface area contributed by atoms with Crippen LogP contribution in [-0.4, -0.2) is 6.10 Å². The lowest BCUT2D eigenvalue weighted by molar-refractivity contribution is -0.00663. The van der Waals surface area contributed by atoms with E-state index < -0.39 is 0 Å². The standard InChI is InChI=1S/C16H24FNO/c1-16(2)8-6-14(7-9-16)19-11-13-5-3-4-12(10-18)15(13)17/h3-5,14H,6-11,18H2,1-2H3. The predicted octanol–water partition coefficient (Wildman–Crippen LogP) is 3.77. The van der Waals surface area contributed by atoms with Crippen LogP contribution in [0.2, 0.25) is 0 Å². The molecule has 0 unspecified atom stereocenters. The maximum Gasteiger partial charge on any atom is 0.133 e. The van der Waals surface area contributed by atoms with Crippen molar-refractivity contribution in [3.05, 3.63) is 35.1 Å². The van der Waals surface area contributed by atoms with Gasteiger partial charge in [-0.15, -0.1) is 0 Å². The summed E-state index contributed by atoms with van der Waals surface area (Å²) < 4.78 is 19.9. The zero-order chi connectivity index (χ0) is 13.9. The Hall–Kier alpha value is -0.930. The van der Waals surface area contributed by atoms with Gasteiger partial charge in [0.2, 0.25) is 0 Å². The molecule has 1 fully saturated rings. The third kappa shape index (κ3) is 3.77. The zero-order valence-corrected chi connectivity index (χ0v) is 11.9. The van der Waals surface area contributed by atoms with E-state index in [0.29, 0.717) is 23.1 Å². The normalized spacial score (nSPS) is 19.6. The maximum absolute atomic E-state index is 14.0. The highest BCUT2D eigenvalue weighted by molar-refractivity contribution is 5.25. The molecule has 0 atom stereocenters. The van der Waals surface area contributed by atoms with Crippen LogP contribution in [0.1, 0.15) is 50.7 Å². The Kier molecular flexibility index (Phi) is 4.58. The van der Waals surface area contributed by atoms with Gasteiger partial charge < -0.3 is 10.5 Å². The van der Waals surface area contributed by atoms with E-state index in [9.17, 15) is 4.39 Å². The van der Waals surface area contributed by atoms with Gasteiger partial charge in [-0.1, -0.05) is 32.0 Å². The first kappa shape index (κ1) is 14.5. The Morgan fingerprint density at radius 2 is 1.89 bits per heavy atom. The fourth-order valence-corrected chi connectivity index (χ4v) is 2.65. The summed E-state index contributed by atoms with van der Waals surface area (Å²) in [7, 11) is 0. The number of halogens is 1. The lowest BCUT2D eigenvalue weighted by atomic mass is 9.76. The second-order valence-corrected chi connectivity index (χ2v) is 6.27. The van der Waals surface area contributed by atoms with Gasteiger partial charge in [-0.2, -0.15) is 0 Å². The summed E-state index contributed by atoms with van der Waals surface area (Å²) in [5, 5.41) is 0. The van der Waals surface area contributed by atoms with Crippen molar-refractivity contribution in [2.75, 3.05) is 0 Å². The highest BCUT2D eigenvalue weighted by Gasteiger charge is 2.27. The summed E-state index contributed by atoms with van der Waals surface area (Å²) in [6, 6.07) is 5.34. The predicted molar refractivity (Wildman–Crippen MR) is 75.1 cm³/mol. The molecule has 19 heavy (non-hydrogen) atoms. The van der Waals surface area contributed by atoms with E-state index in [4.69, 9.17) is 10.5 Å². The largest absolute Gasteiger partial charge is 0.373 e. The molecular formula is C16H24FNO. The average Bonchev–Trinajstić information content (AvgIpc) is 2.39. The molecule has 106 valence electrons. The minimum atomic E-state index is -0.207. The van der Waals surface area contributed by atoms with Crippen LogP contribution in [0.25, 0.3) is 0 Å². The third-order valence-electron chi connectivity index (χ3n) is 4.14. The summed E-state index contributed by atoms with van der Waals surface area (Å²) in [5.74, 6) is -0.207. The number of benzene rings is 1. The molecule has 1 aliphatic carbocycles. The van der Waals surface area contributed by atoms with E-state index in [1.165, 1.54) is 12.8 Å². The molecule has 0 amide bonds. The smallest absolute Gasteiger partial charge is 0.133 e. The van der Waals surface area contributed by atoms with Crippen molar-refractivity contribution < 1.29 is 9.13 Å². The molecule has 0 spiro atoms. The summed E-state index contributed by atoms with van der Waals surface area (Å²) >= 11 is 0. The van der Waals surface area contributed by atoms with Crippen molar-refractivity contribution in [1.82, 2.24) is 0 Å². The number of ether oxygens (including phenoxy) is 1. The molecule has 1 saturated carbocycles. The van der Waals surface area contributed by atoms with Gasteiger partial charge >= 0.3 is 0 Å². The minimum absolute atomic E-state index is 0.207. The van der Waals surface area contributed by atoms with Crippen LogP contribution < -0.4 is 5.73 Å². The third-order valence-corrected chi connectivity index (χ3v) is 4.14. The Labute approximate surface area is 115 Å². The number of rotatable bonds is 4. The molecule has 0 aliphatic heterocycles. The first-order valence-electron chi connectivity index (χ1n) is 7.10. The Bertz CT molecular complexity index is 421. The van der Waals surface area contributed by atoms with E-state index in [0.717, 1.165) is 12.8 Å². The second kappa shape index (κ2) is 6.02. The van der Waals surface area contributed by atoms with Gasteiger partial charge in [0.05, 0.1) is 12.7 Å². The van der Waals surface area contributed by atoms with Crippen LogP contribution in [0.5, 0.6) is 0 Å². The van der Waals surface area contributed by atoms with E-state index in [-0.39, 0.29) is 18.5 Å². The van der Waals surface area contributed by atoms with Gasteiger partial charge in [-0.05, 0) is 31.1 Å². The van der Waals surface area contributed by atoms with Crippen molar-refractivity contribution in [3.8, 4) is 0 Å². The second-order valence-electron chi connectivity index (χ2n) is 6.27. The minimum Gasteiger partial charge on any atom is -0.373 e. The summed E-state index contributed by atoms with van der Waals surface area (Å²) in [6.07, 6.45) is 4.79. The van der Waals surface area contributed by atoms with E-state index in [1.807, 2.05) is 6.07 Å². The molecule has 0 heterocycles. The molecule has 1 aromatic carbocycles. The lowest BCUT2D eigenvalue weighted by Crippen LogP contribution is -2.26. The highest BCUT2D eigenvalue weighted by atomic mass is 19.1. The van der Waals surface area contributed by atoms with Crippen LogP contribution in [-0.2, 0) is 17.9 Å². The van der Waals surface area contributed by atoms with Crippen LogP contribution >= 0.6 is 0 Å². The monoisotopic (exact) mass is 265 g/mol. The summed E-state index contributed by atoms with van der Waals surface area (Å²) in [4.78, 5) is 0. The Balaban J connectivity index is 1.89. The SMILES string of the molecule is CC1(C)CCC(OCc2cccc(CN)c2F)CC1.